The molecule has 7 heteroatoms. The van der Waals surface area contributed by atoms with Crippen molar-refractivity contribution in [3.63, 3.8) is 0 Å². The van der Waals surface area contributed by atoms with Crippen LogP contribution in [0.5, 0.6) is 0 Å². The van der Waals surface area contributed by atoms with Crippen LogP contribution in [0.1, 0.15) is 61.9 Å². The lowest BCUT2D eigenvalue weighted by Gasteiger charge is -2.34. The van der Waals surface area contributed by atoms with E-state index < -0.39 is 0 Å². The number of rotatable bonds is 5. The van der Waals surface area contributed by atoms with Crippen LogP contribution < -0.4 is 0 Å². The molecule has 2 aromatic heterocycles. The first kappa shape index (κ1) is 16.7. The minimum atomic E-state index is 0.0144. The molecular formula is C17H26N6O. The molecule has 1 amide bonds. The largest absolute Gasteiger partial charge is 0.332 e. The normalized spacial score (nSPS) is 18.1. The molecule has 0 aromatic carbocycles. The predicted molar refractivity (Wildman–Crippen MR) is 90.4 cm³/mol. The lowest BCUT2D eigenvalue weighted by atomic mass is 9.99. The molecule has 1 saturated heterocycles. The number of piperidine rings is 1. The van der Waals surface area contributed by atoms with Gasteiger partial charge in [-0.25, -0.2) is 4.98 Å². The van der Waals surface area contributed by atoms with Crippen LogP contribution in [0.15, 0.2) is 6.33 Å². The van der Waals surface area contributed by atoms with Crippen molar-refractivity contribution in [1.82, 2.24) is 29.9 Å². The summed E-state index contributed by atoms with van der Waals surface area (Å²) in [5, 5.41) is 11.5. The number of nitrogens with zero attached hydrogens (tertiary/aromatic N) is 5. The van der Waals surface area contributed by atoms with Gasteiger partial charge in [0.2, 0.25) is 5.91 Å². The molecule has 1 N–H and O–H groups in total. The van der Waals surface area contributed by atoms with E-state index in [1.807, 2.05) is 16.6 Å². The lowest BCUT2D eigenvalue weighted by molar-refractivity contribution is -0.134. The van der Waals surface area contributed by atoms with E-state index >= 15 is 0 Å². The number of aromatic nitrogens is 5. The van der Waals surface area contributed by atoms with Crippen molar-refractivity contribution in [2.45, 2.75) is 58.4 Å². The van der Waals surface area contributed by atoms with E-state index in [4.69, 9.17) is 0 Å². The quantitative estimate of drug-likeness (QED) is 0.909. The molecule has 1 aliphatic rings. The number of hydrogen-bond donors (Lipinski definition) is 1. The standard InChI is InChI=1S/C17H26N6O/c1-4-13-12(14(5-2)22(3)21-13)10-16(24)23-9-7-6-8-15(23)17-18-11-19-20-17/h11,15H,4-10H2,1-3H3,(H,18,19,20)/t15-/m0/s1. The Balaban J connectivity index is 1.83. The van der Waals surface area contributed by atoms with E-state index in [1.54, 1.807) is 0 Å². The number of aryl methyl sites for hydroxylation is 2. The number of aromatic amines is 1. The molecule has 24 heavy (non-hydrogen) atoms. The minimum Gasteiger partial charge on any atom is -0.332 e. The highest BCUT2D eigenvalue weighted by Gasteiger charge is 2.31. The summed E-state index contributed by atoms with van der Waals surface area (Å²) in [6, 6.07) is 0.0144. The Bertz CT molecular complexity index is 690. The van der Waals surface area contributed by atoms with Gasteiger partial charge in [0.05, 0.1) is 18.2 Å². The van der Waals surface area contributed by atoms with Crippen LogP contribution in [0, 0.1) is 0 Å². The van der Waals surface area contributed by atoms with Crippen molar-refractivity contribution in [3.05, 3.63) is 29.1 Å². The van der Waals surface area contributed by atoms with Gasteiger partial charge in [0, 0.05) is 24.8 Å². The summed E-state index contributed by atoms with van der Waals surface area (Å²) in [7, 11) is 1.96. The molecule has 2 aromatic rings. The predicted octanol–water partition coefficient (Wildman–Crippen LogP) is 1.96. The van der Waals surface area contributed by atoms with Crippen LogP contribution in [0.25, 0.3) is 0 Å². The molecule has 3 heterocycles. The highest BCUT2D eigenvalue weighted by molar-refractivity contribution is 5.80. The molecule has 0 aliphatic carbocycles. The first-order valence-electron chi connectivity index (χ1n) is 8.84. The minimum absolute atomic E-state index is 0.0144. The summed E-state index contributed by atoms with van der Waals surface area (Å²) in [4.78, 5) is 19.3. The summed E-state index contributed by atoms with van der Waals surface area (Å²) < 4.78 is 1.92. The van der Waals surface area contributed by atoms with Crippen LogP contribution in [-0.4, -0.2) is 42.3 Å². The van der Waals surface area contributed by atoms with Gasteiger partial charge in [-0.2, -0.15) is 10.2 Å². The van der Waals surface area contributed by atoms with Gasteiger partial charge in [0.15, 0.2) is 0 Å². The molecule has 0 unspecified atom stereocenters. The van der Waals surface area contributed by atoms with Crippen molar-refractivity contribution in [2.24, 2.45) is 7.05 Å². The lowest BCUT2D eigenvalue weighted by Crippen LogP contribution is -2.40. The van der Waals surface area contributed by atoms with E-state index in [1.165, 1.54) is 6.33 Å². The molecule has 0 saturated carbocycles. The Morgan fingerprint density at radius 1 is 1.33 bits per heavy atom. The van der Waals surface area contributed by atoms with Gasteiger partial charge in [-0.05, 0) is 32.1 Å². The number of likely N-dealkylation sites (tertiary alicyclic amines) is 1. The molecule has 3 rings (SSSR count). The van der Waals surface area contributed by atoms with Crippen LogP contribution >= 0.6 is 0 Å². The Hall–Kier alpha value is -2.18. The van der Waals surface area contributed by atoms with Gasteiger partial charge < -0.3 is 4.90 Å². The highest BCUT2D eigenvalue weighted by Crippen LogP contribution is 2.29. The molecule has 0 spiro atoms. The van der Waals surface area contributed by atoms with Crippen LogP contribution in [-0.2, 0) is 31.1 Å². The van der Waals surface area contributed by atoms with E-state index in [2.05, 4.69) is 34.1 Å². The summed E-state index contributed by atoms with van der Waals surface area (Å²) in [6.07, 6.45) is 6.77. The fraction of sp³-hybridized carbons (Fsp3) is 0.647. The molecule has 1 atom stereocenters. The van der Waals surface area contributed by atoms with Crippen molar-refractivity contribution in [1.29, 1.82) is 0 Å². The maximum atomic E-state index is 13.0. The van der Waals surface area contributed by atoms with Crippen LogP contribution in [0.2, 0.25) is 0 Å². The Morgan fingerprint density at radius 3 is 2.83 bits per heavy atom. The zero-order valence-electron chi connectivity index (χ0n) is 14.7. The summed E-state index contributed by atoms with van der Waals surface area (Å²) in [6.45, 7) is 4.99. The second-order valence-electron chi connectivity index (χ2n) is 6.35. The van der Waals surface area contributed by atoms with Gasteiger partial charge in [-0.15, -0.1) is 0 Å². The molecule has 1 aliphatic heterocycles. The SMILES string of the molecule is CCc1nn(C)c(CC)c1CC(=O)N1CCCC[C@H]1c1ncn[nH]1. The average molecular weight is 330 g/mol. The van der Waals surface area contributed by atoms with Crippen molar-refractivity contribution in [2.75, 3.05) is 6.54 Å². The average Bonchev–Trinajstić information content (AvgIpc) is 3.23. The van der Waals surface area contributed by atoms with E-state index in [-0.39, 0.29) is 11.9 Å². The van der Waals surface area contributed by atoms with Gasteiger partial charge >= 0.3 is 0 Å². The second-order valence-corrected chi connectivity index (χ2v) is 6.35. The third-order valence-electron chi connectivity index (χ3n) is 4.93. The molecule has 1 fully saturated rings. The summed E-state index contributed by atoms with van der Waals surface area (Å²) in [5.41, 5.74) is 3.30. The molecule has 130 valence electrons. The zero-order valence-corrected chi connectivity index (χ0v) is 14.7. The molecule has 0 radical (unpaired) electrons. The van der Waals surface area contributed by atoms with E-state index in [0.717, 1.165) is 61.4 Å². The maximum Gasteiger partial charge on any atom is 0.227 e. The van der Waals surface area contributed by atoms with Gasteiger partial charge in [0.25, 0.3) is 0 Å². The maximum absolute atomic E-state index is 13.0. The van der Waals surface area contributed by atoms with Gasteiger partial charge in [0.1, 0.15) is 12.2 Å². The number of hydrogen-bond acceptors (Lipinski definition) is 4. The number of amides is 1. The number of H-pyrrole nitrogens is 1. The Morgan fingerprint density at radius 2 is 2.17 bits per heavy atom. The third kappa shape index (κ3) is 3.07. The highest BCUT2D eigenvalue weighted by atomic mass is 16.2. The fourth-order valence-corrected chi connectivity index (χ4v) is 3.74. The van der Waals surface area contributed by atoms with Crippen LogP contribution in [0.3, 0.4) is 0 Å². The number of carbonyl (C=O) groups is 1. The number of nitrogens with one attached hydrogen (secondary N) is 1. The number of carbonyl (C=O) groups excluding carboxylic acids is 1. The van der Waals surface area contributed by atoms with Crippen molar-refractivity contribution < 1.29 is 4.79 Å². The Labute approximate surface area is 142 Å². The topological polar surface area (TPSA) is 79.7 Å². The van der Waals surface area contributed by atoms with Gasteiger partial charge in [-0.3, -0.25) is 14.6 Å². The molecule has 0 bridgehead atoms. The smallest absolute Gasteiger partial charge is 0.227 e. The summed E-state index contributed by atoms with van der Waals surface area (Å²) in [5.74, 6) is 0.953. The summed E-state index contributed by atoms with van der Waals surface area (Å²) >= 11 is 0. The third-order valence-corrected chi connectivity index (χ3v) is 4.93. The van der Waals surface area contributed by atoms with E-state index in [0.29, 0.717) is 6.42 Å². The monoisotopic (exact) mass is 330 g/mol. The Kier molecular flexibility index (Phi) is 4.97. The zero-order chi connectivity index (χ0) is 17.1. The van der Waals surface area contributed by atoms with Gasteiger partial charge in [-0.1, -0.05) is 13.8 Å². The molecule has 7 nitrogen and oxygen atoms in total. The first-order chi connectivity index (χ1) is 11.7. The van der Waals surface area contributed by atoms with E-state index in [9.17, 15) is 4.79 Å². The molecular weight excluding hydrogens is 304 g/mol. The van der Waals surface area contributed by atoms with Crippen molar-refractivity contribution >= 4 is 5.91 Å². The van der Waals surface area contributed by atoms with Crippen molar-refractivity contribution in [3.8, 4) is 0 Å². The second kappa shape index (κ2) is 7.15. The first-order valence-corrected chi connectivity index (χ1v) is 8.84. The fourth-order valence-electron chi connectivity index (χ4n) is 3.74. The van der Waals surface area contributed by atoms with Crippen LogP contribution in [0.4, 0.5) is 0 Å².